The van der Waals surface area contributed by atoms with E-state index in [0.717, 1.165) is 5.56 Å². The van der Waals surface area contributed by atoms with Gasteiger partial charge in [0.05, 0.1) is 6.54 Å². The summed E-state index contributed by atoms with van der Waals surface area (Å²) in [5.41, 5.74) is 0.940. The highest BCUT2D eigenvalue weighted by Crippen LogP contribution is 2.22. The molecule has 2 amide bonds. The van der Waals surface area contributed by atoms with E-state index >= 15 is 0 Å². The normalized spacial score (nSPS) is 16.8. The Kier molecular flexibility index (Phi) is 6.74. The summed E-state index contributed by atoms with van der Waals surface area (Å²) >= 11 is 5.79. The minimum Gasteiger partial charge on any atom is -0.338 e. The minimum atomic E-state index is -4.15. The van der Waals surface area contributed by atoms with E-state index in [-0.39, 0.29) is 11.9 Å². The molecule has 1 aliphatic heterocycles. The molecular formula is C16H21ClF3N3O. The number of carbonyl (C=O) groups excluding carboxylic acids is 1. The number of hydrogen-bond donors (Lipinski definition) is 2. The monoisotopic (exact) mass is 363 g/mol. The second-order valence-electron chi connectivity index (χ2n) is 6.02. The van der Waals surface area contributed by atoms with Crippen LogP contribution in [0.5, 0.6) is 0 Å². The van der Waals surface area contributed by atoms with Gasteiger partial charge in [0.2, 0.25) is 0 Å². The van der Waals surface area contributed by atoms with E-state index in [0.29, 0.717) is 44.0 Å². The Morgan fingerprint density at radius 3 is 2.38 bits per heavy atom. The molecule has 1 fully saturated rings. The fourth-order valence-electron chi connectivity index (χ4n) is 2.69. The number of carbonyl (C=O) groups is 1. The Morgan fingerprint density at radius 2 is 1.79 bits per heavy atom. The van der Waals surface area contributed by atoms with Gasteiger partial charge in [-0.05, 0) is 49.5 Å². The molecule has 0 aromatic heterocycles. The van der Waals surface area contributed by atoms with Crippen molar-refractivity contribution < 1.29 is 18.0 Å². The quantitative estimate of drug-likeness (QED) is 0.842. The van der Waals surface area contributed by atoms with Gasteiger partial charge in [-0.1, -0.05) is 23.7 Å². The van der Waals surface area contributed by atoms with Crippen LogP contribution in [-0.2, 0) is 6.54 Å². The highest BCUT2D eigenvalue weighted by molar-refractivity contribution is 6.30. The average Bonchev–Trinajstić information content (AvgIpc) is 2.52. The minimum absolute atomic E-state index is 0.218. The lowest BCUT2D eigenvalue weighted by Gasteiger charge is -2.32. The number of piperidine rings is 1. The summed E-state index contributed by atoms with van der Waals surface area (Å²) in [5.74, 6) is 0.218. The molecule has 0 atom stereocenters. The molecule has 8 heteroatoms. The highest BCUT2D eigenvalue weighted by Gasteiger charge is 2.32. The lowest BCUT2D eigenvalue weighted by atomic mass is 9.97. The number of benzene rings is 1. The maximum atomic E-state index is 12.3. The highest BCUT2D eigenvalue weighted by atomic mass is 35.5. The zero-order chi connectivity index (χ0) is 17.6. The third kappa shape index (κ3) is 6.97. The lowest BCUT2D eigenvalue weighted by molar-refractivity contribution is -0.148. The van der Waals surface area contributed by atoms with Crippen molar-refractivity contribution in [3.63, 3.8) is 0 Å². The number of hydrogen-bond acceptors (Lipinski definition) is 2. The SMILES string of the molecule is O=C(NCc1ccc(Cl)cc1)NCC1CCN(CC(F)(F)F)CC1. The first kappa shape index (κ1) is 18.9. The fraction of sp³-hybridized carbons (Fsp3) is 0.562. The number of urea groups is 1. The summed E-state index contributed by atoms with van der Waals surface area (Å²) in [4.78, 5) is 13.2. The van der Waals surface area contributed by atoms with E-state index < -0.39 is 12.7 Å². The standard InChI is InChI=1S/C16H21ClF3N3O/c17-14-3-1-12(2-4-14)9-21-15(24)22-10-13-5-7-23(8-6-13)11-16(18,19)20/h1-4,13H,5-11H2,(H2,21,22,24). The lowest BCUT2D eigenvalue weighted by Crippen LogP contribution is -2.44. The Balaban J connectivity index is 1.61. The maximum Gasteiger partial charge on any atom is 0.401 e. The zero-order valence-electron chi connectivity index (χ0n) is 13.2. The van der Waals surface area contributed by atoms with Gasteiger partial charge in [-0.2, -0.15) is 13.2 Å². The second kappa shape index (κ2) is 8.58. The average molecular weight is 364 g/mol. The largest absolute Gasteiger partial charge is 0.401 e. The Labute approximate surface area is 144 Å². The molecule has 0 spiro atoms. The Hall–Kier alpha value is -1.47. The van der Waals surface area contributed by atoms with Crippen LogP contribution in [0.4, 0.5) is 18.0 Å². The van der Waals surface area contributed by atoms with E-state index in [2.05, 4.69) is 10.6 Å². The van der Waals surface area contributed by atoms with Gasteiger partial charge < -0.3 is 10.6 Å². The molecule has 4 nitrogen and oxygen atoms in total. The van der Waals surface area contributed by atoms with Crippen LogP contribution in [0.15, 0.2) is 24.3 Å². The molecule has 0 bridgehead atoms. The molecule has 134 valence electrons. The van der Waals surface area contributed by atoms with Gasteiger partial charge in [0, 0.05) is 18.1 Å². The molecule has 1 aliphatic rings. The molecule has 24 heavy (non-hydrogen) atoms. The molecule has 0 saturated carbocycles. The number of alkyl halides is 3. The fourth-order valence-corrected chi connectivity index (χ4v) is 2.81. The van der Waals surface area contributed by atoms with Crippen LogP contribution in [0.25, 0.3) is 0 Å². The number of nitrogens with zero attached hydrogens (tertiary/aromatic N) is 1. The molecule has 0 radical (unpaired) electrons. The predicted octanol–water partition coefficient (Wildman–Crippen LogP) is 3.41. The summed E-state index contributed by atoms with van der Waals surface area (Å²) in [7, 11) is 0. The van der Waals surface area contributed by atoms with Crippen molar-refractivity contribution in [3.05, 3.63) is 34.9 Å². The van der Waals surface area contributed by atoms with Crippen molar-refractivity contribution in [2.75, 3.05) is 26.2 Å². The van der Waals surface area contributed by atoms with Crippen LogP contribution in [0, 0.1) is 5.92 Å². The van der Waals surface area contributed by atoms with Crippen LogP contribution in [0.3, 0.4) is 0 Å². The first-order valence-electron chi connectivity index (χ1n) is 7.87. The topological polar surface area (TPSA) is 44.4 Å². The molecular weight excluding hydrogens is 343 g/mol. The number of halogens is 4. The van der Waals surface area contributed by atoms with Crippen molar-refractivity contribution >= 4 is 17.6 Å². The number of likely N-dealkylation sites (tertiary alicyclic amines) is 1. The first-order chi connectivity index (χ1) is 11.3. The second-order valence-corrected chi connectivity index (χ2v) is 6.46. The first-order valence-corrected chi connectivity index (χ1v) is 8.25. The van der Waals surface area contributed by atoms with Crippen molar-refractivity contribution in [2.24, 2.45) is 5.92 Å². The number of nitrogens with one attached hydrogen (secondary N) is 2. The van der Waals surface area contributed by atoms with Gasteiger partial charge in [-0.25, -0.2) is 4.79 Å². The van der Waals surface area contributed by atoms with Gasteiger partial charge >= 0.3 is 12.2 Å². The summed E-state index contributed by atoms with van der Waals surface area (Å²) in [6, 6.07) is 6.90. The smallest absolute Gasteiger partial charge is 0.338 e. The van der Waals surface area contributed by atoms with Gasteiger partial charge in [0.1, 0.15) is 0 Å². The summed E-state index contributed by atoms with van der Waals surface area (Å²) < 4.78 is 37.0. The van der Waals surface area contributed by atoms with Crippen LogP contribution < -0.4 is 10.6 Å². The maximum absolute atomic E-state index is 12.3. The molecule has 1 aromatic rings. The molecule has 0 aliphatic carbocycles. The Bertz CT molecular complexity index is 528. The summed E-state index contributed by atoms with van der Waals surface area (Å²) in [5, 5.41) is 6.16. The van der Waals surface area contributed by atoms with Gasteiger partial charge in [0.15, 0.2) is 0 Å². The molecule has 1 aromatic carbocycles. The van der Waals surface area contributed by atoms with Gasteiger partial charge in [-0.15, -0.1) is 0 Å². The van der Waals surface area contributed by atoms with Crippen LogP contribution >= 0.6 is 11.6 Å². The molecule has 2 rings (SSSR count). The molecule has 1 saturated heterocycles. The summed E-state index contributed by atoms with van der Waals surface area (Å²) in [6.07, 6.45) is -2.83. The molecule has 0 unspecified atom stereocenters. The number of rotatable bonds is 5. The van der Waals surface area contributed by atoms with Crippen LogP contribution in [0.2, 0.25) is 5.02 Å². The van der Waals surface area contributed by atoms with E-state index in [9.17, 15) is 18.0 Å². The summed E-state index contributed by atoms with van der Waals surface area (Å²) in [6.45, 7) is 0.852. The molecule has 1 heterocycles. The van der Waals surface area contributed by atoms with Crippen LogP contribution in [-0.4, -0.2) is 43.3 Å². The number of amides is 2. The van der Waals surface area contributed by atoms with E-state index in [1.807, 2.05) is 12.1 Å². The van der Waals surface area contributed by atoms with Crippen LogP contribution in [0.1, 0.15) is 18.4 Å². The van der Waals surface area contributed by atoms with Crippen molar-refractivity contribution in [2.45, 2.75) is 25.6 Å². The van der Waals surface area contributed by atoms with Crippen molar-refractivity contribution in [3.8, 4) is 0 Å². The third-order valence-electron chi connectivity index (χ3n) is 4.03. The van der Waals surface area contributed by atoms with Crippen molar-refractivity contribution in [1.82, 2.24) is 15.5 Å². The third-order valence-corrected chi connectivity index (χ3v) is 4.28. The molecule has 2 N–H and O–H groups in total. The predicted molar refractivity (Wildman–Crippen MR) is 86.9 cm³/mol. The van der Waals surface area contributed by atoms with E-state index in [1.165, 1.54) is 4.90 Å². The van der Waals surface area contributed by atoms with E-state index in [1.54, 1.807) is 12.1 Å². The van der Waals surface area contributed by atoms with E-state index in [4.69, 9.17) is 11.6 Å². The van der Waals surface area contributed by atoms with Gasteiger partial charge in [-0.3, -0.25) is 4.90 Å². The van der Waals surface area contributed by atoms with Gasteiger partial charge in [0.25, 0.3) is 0 Å². The Morgan fingerprint density at radius 1 is 1.17 bits per heavy atom. The van der Waals surface area contributed by atoms with Crippen molar-refractivity contribution in [1.29, 1.82) is 0 Å². The zero-order valence-corrected chi connectivity index (χ0v) is 14.0.